The number of nitrogens with one attached hydrogen (secondary N) is 2. The summed E-state index contributed by atoms with van der Waals surface area (Å²) in [6, 6.07) is 15.6. The predicted molar refractivity (Wildman–Crippen MR) is 105 cm³/mol. The van der Waals surface area contributed by atoms with Gasteiger partial charge in [0.05, 0.1) is 29.7 Å². The maximum Gasteiger partial charge on any atom is 0.274 e. The molecule has 0 saturated carbocycles. The first kappa shape index (κ1) is 18.0. The van der Waals surface area contributed by atoms with Crippen LogP contribution in [0.3, 0.4) is 0 Å². The van der Waals surface area contributed by atoms with Crippen molar-refractivity contribution in [1.82, 2.24) is 4.98 Å². The predicted octanol–water partition coefficient (Wildman–Crippen LogP) is 5.39. The summed E-state index contributed by atoms with van der Waals surface area (Å²) in [5.74, 6) is 0.420. The van der Waals surface area contributed by atoms with Gasteiger partial charge >= 0.3 is 0 Å². The number of benzene rings is 2. The van der Waals surface area contributed by atoms with E-state index < -0.39 is 0 Å². The second kappa shape index (κ2) is 8.08. The normalized spacial score (nSPS) is 10.3. The summed E-state index contributed by atoms with van der Waals surface area (Å²) in [6.45, 7) is 0. The molecule has 3 aromatic rings. The van der Waals surface area contributed by atoms with Gasteiger partial charge in [-0.2, -0.15) is 0 Å². The summed E-state index contributed by atoms with van der Waals surface area (Å²) in [5, 5.41) is 6.97. The first-order valence-corrected chi connectivity index (χ1v) is 8.44. The SMILES string of the molecule is COc1ccc(NC(=O)c2ccc(Nc3ccc(Cl)cc3Cl)cn2)cc1. The number of halogens is 2. The van der Waals surface area contributed by atoms with Crippen molar-refractivity contribution in [2.75, 3.05) is 17.7 Å². The van der Waals surface area contributed by atoms with Gasteiger partial charge in [0.15, 0.2) is 0 Å². The molecule has 2 N–H and O–H groups in total. The topological polar surface area (TPSA) is 63.2 Å². The molecule has 0 aliphatic rings. The monoisotopic (exact) mass is 387 g/mol. The molecular weight excluding hydrogens is 373 g/mol. The highest BCUT2D eigenvalue weighted by Gasteiger charge is 2.08. The van der Waals surface area contributed by atoms with Gasteiger partial charge < -0.3 is 15.4 Å². The number of ether oxygens (including phenoxy) is 1. The Bertz CT molecular complexity index is 913. The van der Waals surface area contributed by atoms with E-state index in [1.54, 1.807) is 67.9 Å². The van der Waals surface area contributed by atoms with Crippen LogP contribution in [0.1, 0.15) is 10.5 Å². The smallest absolute Gasteiger partial charge is 0.274 e. The fourth-order valence-electron chi connectivity index (χ4n) is 2.22. The molecule has 0 bridgehead atoms. The van der Waals surface area contributed by atoms with Gasteiger partial charge in [-0.1, -0.05) is 23.2 Å². The Hall–Kier alpha value is -2.76. The third-order valence-corrected chi connectivity index (χ3v) is 4.10. The Morgan fingerprint density at radius 3 is 2.35 bits per heavy atom. The molecule has 0 radical (unpaired) electrons. The third-order valence-electron chi connectivity index (χ3n) is 3.55. The molecule has 7 heteroatoms. The van der Waals surface area contributed by atoms with Crippen LogP contribution in [-0.2, 0) is 0 Å². The van der Waals surface area contributed by atoms with E-state index in [2.05, 4.69) is 15.6 Å². The second-order valence-electron chi connectivity index (χ2n) is 5.36. The number of hydrogen-bond donors (Lipinski definition) is 2. The van der Waals surface area contributed by atoms with Crippen LogP contribution in [0.2, 0.25) is 10.0 Å². The summed E-state index contributed by atoms with van der Waals surface area (Å²) in [6.07, 6.45) is 1.56. The van der Waals surface area contributed by atoms with Gasteiger partial charge in [0.2, 0.25) is 0 Å². The van der Waals surface area contributed by atoms with Crippen molar-refractivity contribution in [1.29, 1.82) is 0 Å². The highest BCUT2D eigenvalue weighted by atomic mass is 35.5. The molecule has 0 saturated heterocycles. The molecular formula is C19H15Cl2N3O2. The Kier molecular flexibility index (Phi) is 5.61. The number of aromatic nitrogens is 1. The minimum atomic E-state index is -0.300. The van der Waals surface area contributed by atoms with Crippen molar-refractivity contribution >= 4 is 46.2 Å². The zero-order valence-corrected chi connectivity index (χ0v) is 15.3. The lowest BCUT2D eigenvalue weighted by Crippen LogP contribution is -2.13. The minimum Gasteiger partial charge on any atom is -0.497 e. The molecule has 132 valence electrons. The second-order valence-corrected chi connectivity index (χ2v) is 6.21. The minimum absolute atomic E-state index is 0.300. The van der Waals surface area contributed by atoms with Crippen LogP contribution in [0.25, 0.3) is 0 Å². The number of anilines is 3. The molecule has 5 nitrogen and oxygen atoms in total. The van der Waals surface area contributed by atoms with Crippen LogP contribution in [0.4, 0.5) is 17.1 Å². The lowest BCUT2D eigenvalue weighted by molar-refractivity contribution is 0.102. The summed E-state index contributed by atoms with van der Waals surface area (Å²) < 4.78 is 5.09. The zero-order chi connectivity index (χ0) is 18.5. The standard InChI is InChI=1S/C19H15Cl2N3O2/c1-26-15-6-3-13(4-7-15)24-19(25)18-9-5-14(11-22-18)23-17-8-2-12(20)10-16(17)21/h2-11,23H,1H3,(H,24,25). The van der Waals surface area contributed by atoms with E-state index in [1.165, 1.54) is 0 Å². The van der Waals surface area contributed by atoms with Crippen LogP contribution in [0.5, 0.6) is 5.75 Å². The highest BCUT2D eigenvalue weighted by Crippen LogP contribution is 2.28. The number of methoxy groups -OCH3 is 1. The van der Waals surface area contributed by atoms with Crippen LogP contribution < -0.4 is 15.4 Å². The number of hydrogen-bond acceptors (Lipinski definition) is 4. The molecule has 0 unspecified atom stereocenters. The third kappa shape index (κ3) is 4.45. The van der Waals surface area contributed by atoms with Crippen molar-refractivity contribution in [2.45, 2.75) is 0 Å². The molecule has 1 heterocycles. The van der Waals surface area contributed by atoms with Gasteiger partial charge in [0.25, 0.3) is 5.91 Å². The zero-order valence-electron chi connectivity index (χ0n) is 13.8. The lowest BCUT2D eigenvalue weighted by Gasteiger charge is -2.09. The average Bonchev–Trinajstić information content (AvgIpc) is 2.65. The van der Waals surface area contributed by atoms with E-state index in [0.29, 0.717) is 32.8 Å². The number of amides is 1. The van der Waals surface area contributed by atoms with Crippen LogP contribution in [0, 0.1) is 0 Å². The molecule has 3 rings (SSSR count). The molecule has 1 aromatic heterocycles. The summed E-state index contributed by atoms with van der Waals surface area (Å²) in [4.78, 5) is 16.5. The van der Waals surface area contributed by atoms with Gasteiger partial charge in [0.1, 0.15) is 11.4 Å². The highest BCUT2D eigenvalue weighted by molar-refractivity contribution is 6.36. The Morgan fingerprint density at radius 1 is 1.00 bits per heavy atom. The lowest BCUT2D eigenvalue weighted by atomic mass is 10.2. The molecule has 0 aliphatic carbocycles. The van der Waals surface area contributed by atoms with Gasteiger partial charge in [-0.3, -0.25) is 4.79 Å². The van der Waals surface area contributed by atoms with Gasteiger partial charge in [0, 0.05) is 10.7 Å². The number of pyridine rings is 1. The number of carbonyl (C=O) groups is 1. The van der Waals surface area contributed by atoms with Crippen molar-refractivity contribution in [3.05, 3.63) is 76.5 Å². The summed E-state index contributed by atoms with van der Waals surface area (Å²) in [5.41, 5.74) is 2.37. The first-order valence-electron chi connectivity index (χ1n) is 7.69. The molecule has 0 fully saturated rings. The molecule has 0 aliphatic heterocycles. The van der Waals surface area contributed by atoms with Gasteiger partial charge in [-0.25, -0.2) is 4.98 Å². The Labute approximate surface area is 160 Å². The average molecular weight is 388 g/mol. The van der Waals surface area contributed by atoms with E-state index >= 15 is 0 Å². The number of rotatable bonds is 5. The van der Waals surface area contributed by atoms with Crippen molar-refractivity contribution in [3.8, 4) is 5.75 Å². The quantitative estimate of drug-likeness (QED) is 0.615. The van der Waals surface area contributed by atoms with Gasteiger partial charge in [-0.05, 0) is 54.6 Å². The summed E-state index contributed by atoms with van der Waals surface area (Å²) in [7, 11) is 1.59. The first-order chi connectivity index (χ1) is 12.5. The van der Waals surface area contributed by atoms with Crippen LogP contribution >= 0.6 is 23.2 Å². The summed E-state index contributed by atoms with van der Waals surface area (Å²) >= 11 is 12.0. The molecule has 26 heavy (non-hydrogen) atoms. The number of nitrogens with zero attached hydrogens (tertiary/aromatic N) is 1. The molecule has 0 atom stereocenters. The Morgan fingerprint density at radius 2 is 1.73 bits per heavy atom. The van der Waals surface area contributed by atoms with E-state index in [1.807, 2.05) is 0 Å². The fourth-order valence-corrected chi connectivity index (χ4v) is 2.67. The van der Waals surface area contributed by atoms with E-state index in [4.69, 9.17) is 27.9 Å². The maximum absolute atomic E-state index is 12.3. The fraction of sp³-hybridized carbons (Fsp3) is 0.0526. The largest absolute Gasteiger partial charge is 0.497 e. The van der Waals surface area contributed by atoms with E-state index in [-0.39, 0.29) is 5.91 Å². The van der Waals surface area contributed by atoms with Crippen molar-refractivity contribution < 1.29 is 9.53 Å². The van der Waals surface area contributed by atoms with Crippen molar-refractivity contribution in [3.63, 3.8) is 0 Å². The maximum atomic E-state index is 12.3. The van der Waals surface area contributed by atoms with E-state index in [9.17, 15) is 4.79 Å². The van der Waals surface area contributed by atoms with E-state index in [0.717, 1.165) is 5.75 Å². The van der Waals surface area contributed by atoms with Crippen LogP contribution in [-0.4, -0.2) is 18.0 Å². The van der Waals surface area contributed by atoms with Gasteiger partial charge in [-0.15, -0.1) is 0 Å². The molecule has 2 aromatic carbocycles. The molecule has 0 spiro atoms. The number of carbonyl (C=O) groups excluding carboxylic acids is 1. The van der Waals surface area contributed by atoms with Crippen LogP contribution in [0.15, 0.2) is 60.8 Å². The molecule has 1 amide bonds. The Balaban J connectivity index is 1.67. The van der Waals surface area contributed by atoms with Crippen molar-refractivity contribution in [2.24, 2.45) is 0 Å².